The van der Waals surface area contributed by atoms with Crippen LogP contribution >= 0.6 is 0 Å². The Morgan fingerprint density at radius 3 is 2.17 bits per heavy atom. The van der Waals surface area contributed by atoms with Crippen molar-refractivity contribution in [3.8, 4) is 0 Å². The highest BCUT2D eigenvalue weighted by Gasteiger charge is 2.00. The van der Waals surface area contributed by atoms with Gasteiger partial charge < -0.3 is 16.1 Å². The first-order valence-corrected chi connectivity index (χ1v) is 3.92. The molecule has 0 aliphatic heterocycles. The third-order valence-corrected chi connectivity index (χ3v) is 1.49. The number of quaternary nitrogens is 1. The van der Waals surface area contributed by atoms with E-state index in [1.807, 2.05) is 0 Å². The summed E-state index contributed by atoms with van der Waals surface area (Å²) < 4.78 is 0. The van der Waals surface area contributed by atoms with Crippen LogP contribution in [0.4, 0.5) is 0 Å². The van der Waals surface area contributed by atoms with Gasteiger partial charge in [0.25, 0.3) is 0 Å². The van der Waals surface area contributed by atoms with Crippen molar-refractivity contribution in [2.24, 2.45) is 0 Å². The highest BCUT2D eigenvalue weighted by atomic mass is 16.4. The summed E-state index contributed by atoms with van der Waals surface area (Å²) in [5.41, 5.74) is 0. The SMILES string of the molecule is CCCCCCC(=O)C(=O)[O-].[NH4+]. The second-order valence-corrected chi connectivity index (χ2v) is 2.52. The number of carboxylic acids is 1. The van der Waals surface area contributed by atoms with Crippen molar-refractivity contribution in [1.82, 2.24) is 6.15 Å². The van der Waals surface area contributed by atoms with Crippen LogP contribution in [-0.4, -0.2) is 11.8 Å². The molecule has 0 aromatic heterocycles. The van der Waals surface area contributed by atoms with Gasteiger partial charge in [0.1, 0.15) is 5.97 Å². The van der Waals surface area contributed by atoms with Crippen LogP contribution in [0.2, 0.25) is 0 Å². The van der Waals surface area contributed by atoms with E-state index in [1.165, 1.54) is 0 Å². The highest BCUT2D eigenvalue weighted by Crippen LogP contribution is 2.02. The Labute approximate surface area is 72.5 Å². The Kier molecular flexibility index (Phi) is 9.34. The van der Waals surface area contributed by atoms with Crippen molar-refractivity contribution >= 4 is 11.8 Å². The quantitative estimate of drug-likeness (QED) is 0.474. The highest BCUT2D eigenvalue weighted by molar-refractivity contribution is 6.31. The molecule has 0 saturated heterocycles. The summed E-state index contributed by atoms with van der Waals surface area (Å²) in [5.74, 6) is -2.33. The monoisotopic (exact) mass is 175 g/mol. The number of carboxylic acid groups (broad SMARTS) is 1. The van der Waals surface area contributed by atoms with Gasteiger partial charge in [-0.2, -0.15) is 0 Å². The van der Waals surface area contributed by atoms with Gasteiger partial charge in [0.2, 0.25) is 0 Å². The predicted molar refractivity (Wildman–Crippen MR) is 44.8 cm³/mol. The van der Waals surface area contributed by atoms with Crippen LogP contribution in [0, 0.1) is 0 Å². The van der Waals surface area contributed by atoms with Crippen molar-refractivity contribution in [1.29, 1.82) is 0 Å². The minimum atomic E-state index is -1.55. The first kappa shape index (κ1) is 13.7. The Hall–Kier alpha value is -0.900. The van der Waals surface area contributed by atoms with Gasteiger partial charge in [-0.15, -0.1) is 0 Å². The summed E-state index contributed by atoms with van der Waals surface area (Å²) in [6, 6.07) is 0. The maximum atomic E-state index is 10.4. The van der Waals surface area contributed by atoms with E-state index in [1.54, 1.807) is 0 Å². The van der Waals surface area contributed by atoms with E-state index >= 15 is 0 Å². The second kappa shape index (κ2) is 8.20. The Bertz CT molecular complexity index is 145. The molecule has 0 spiro atoms. The van der Waals surface area contributed by atoms with Gasteiger partial charge in [-0.05, 0) is 6.42 Å². The number of Topliss-reactive ketones (excluding diaryl/α,β-unsaturated/α-hetero) is 1. The van der Waals surface area contributed by atoms with Crippen LogP contribution in [0.5, 0.6) is 0 Å². The molecule has 0 bridgehead atoms. The third kappa shape index (κ3) is 7.21. The summed E-state index contributed by atoms with van der Waals surface area (Å²) >= 11 is 0. The van der Waals surface area contributed by atoms with Crippen molar-refractivity contribution in [2.75, 3.05) is 0 Å². The zero-order valence-electron chi connectivity index (χ0n) is 7.76. The molecule has 0 aliphatic rings. The van der Waals surface area contributed by atoms with E-state index in [9.17, 15) is 14.7 Å². The van der Waals surface area contributed by atoms with E-state index in [0.29, 0.717) is 6.42 Å². The van der Waals surface area contributed by atoms with E-state index in [4.69, 9.17) is 0 Å². The number of rotatable bonds is 6. The molecule has 0 aromatic rings. The first-order valence-electron chi connectivity index (χ1n) is 3.92. The minimum absolute atomic E-state index is 0. The van der Waals surface area contributed by atoms with Gasteiger partial charge in [-0.1, -0.05) is 26.2 Å². The Morgan fingerprint density at radius 1 is 1.17 bits per heavy atom. The number of unbranched alkanes of at least 4 members (excludes halogenated alkanes) is 3. The number of carbonyl (C=O) groups is 2. The molecule has 0 amide bonds. The van der Waals surface area contributed by atoms with Gasteiger partial charge >= 0.3 is 0 Å². The molecule has 0 aromatic carbocycles. The molecule has 4 heteroatoms. The van der Waals surface area contributed by atoms with Crippen LogP contribution < -0.4 is 11.3 Å². The fourth-order valence-corrected chi connectivity index (χ4v) is 0.814. The van der Waals surface area contributed by atoms with Crippen LogP contribution in [-0.2, 0) is 9.59 Å². The van der Waals surface area contributed by atoms with E-state index < -0.39 is 11.8 Å². The summed E-state index contributed by atoms with van der Waals surface area (Å²) in [7, 11) is 0. The molecule has 12 heavy (non-hydrogen) atoms. The molecular formula is C8H17NO3. The smallest absolute Gasteiger partial charge is 0.178 e. The number of carbonyl (C=O) groups excluding carboxylic acids is 2. The maximum Gasteiger partial charge on any atom is 0.178 e. The van der Waals surface area contributed by atoms with Crippen LogP contribution in [0.1, 0.15) is 39.0 Å². The molecular weight excluding hydrogens is 158 g/mol. The minimum Gasteiger partial charge on any atom is -0.542 e. The molecule has 0 unspecified atom stereocenters. The van der Waals surface area contributed by atoms with Crippen molar-refractivity contribution in [3.63, 3.8) is 0 Å². The van der Waals surface area contributed by atoms with Gasteiger partial charge in [-0.25, -0.2) is 0 Å². The van der Waals surface area contributed by atoms with Gasteiger partial charge in [0.05, 0.1) is 0 Å². The Morgan fingerprint density at radius 2 is 1.75 bits per heavy atom. The molecule has 0 atom stereocenters. The summed E-state index contributed by atoms with van der Waals surface area (Å²) in [6.07, 6.45) is 3.86. The number of hydrogen-bond acceptors (Lipinski definition) is 3. The zero-order chi connectivity index (χ0) is 8.69. The summed E-state index contributed by atoms with van der Waals surface area (Å²) in [5, 5.41) is 9.90. The average molecular weight is 175 g/mol. The fourth-order valence-electron chi connectivity index (χ4n) is 0.814. The van der Waals surface area contributed by atoms with Crippen LogP contribution in [0.3, 0.4) is 0 Å². The maximum absolute atomic E-state index is 10.4. The lowest BCUT2D eigenvalue weighted by atomic mass is 10.1. The summed E-state index contributed by atoms with van der Waals surface area (Å²) in [6.45, 7) is 2.06. The lowest BCUT2D eigenvalue weighted by Crippen LogP contribution is -2.31. The lowest BCUT2D eigenvalue weighted by molar-refractivity contribution is -0.300. The van der Waals surface area contributed by atoms with E-state index in [-0.39, 0.29) is 12.6 Å². The molecule has 0 radical (unpaired) electrons. The lowest BCUT2D eigenvalue weighted by Gasteiger charge is -1.99. The zero-order valence-corrected chi connectivity index (χ0v) is 7.76. The van der Waals surface area contributed by atoms with E-state index in [2.05, 4.69) is 6.92 Å². The van der Waals surface area contributed by atoms with Gasteiger partial charge in [0, 0.05) is 6.42 Å². The molecule has 0 aliphatic carbocycles. The summed E-state index contributed by atoms with van der Waals surface area (Å²) in [4.78, 5) is 20.3. The van der Waals surface area contributed by atoms with E-state index in [0.717, 1.165) is 19.3 Å². The number of ketones is 1. The third-order valence-electron chi connectivity index (χ3n) is 1.49. The van der Waals surface area contributed by atoms with Crippen LogP contribution in [0.15, 0.2) is 0 Å². The van der Waals surface area contributed by atoms with Crippen LogP contribution in [0.25, 0.3) is 0 Å². The largest absolute Gasteiger partial charge is 0.542 e. The van der Waals surface area contributed by atoms with Crippen molar-refractivity contribution < 1.29 is 14.7 Å². The molecule has 0 saturated carbocycles. The first-order chi connectivity index (χ1) is 5.18. The average Bonchev–Trinajstić information content (AvgIpc) is 1.97. The predicted octanol–water partition coefficient (Wildman–Crippen LogP) is 0.652. The van der Waals surface area contributed by atoms with Crippen molar-refractivity contribution in [3.05, 3.63) is 0 Å². The fraction of sp³-hybridized carbons (Fsp3) is 0.750. The topological polar surface area (TPSA) is 93.7 Å². The second-order valence-electron chi connectivity index (χ2n) is 2.52. The van der Waals surface area contributed by atoms with Gasteiger partial charge in [0.15, 0.2) is 5.78 Å². The normalized spacial score (nSPS) is 8.75. The molecule has 4 nitrogen and oxygen atoms in total. The molecule has 0 fully saturated rings. The van der Waals surface area contributed by atoms with Gasteiger partial charge in [-0.3, -0.25) is 4.79 Å². The molecule has 4 N–H and O–H groups in total. The molecule has 72 valence electrons. The Balaban J connectivity index is 0. The number of aliphatic carboxylic acids is 1. The van der Waals surface area contributed by atoms with Crippen molar-refractivity contribution in [2.45, 2.75) is 39.0 Å². The number of hydrogen-bond donors (Lipinski definition) is 1. The standard InChI is InChI=1S/C8H14O3.H3N/c1-2-3-4-5-6-7(9)8(10)11;/h2-6H2,1H3,(H,10,11);1H3. The molecule has 0 rings (SSSR count). The molecule has 0 heterocycles.